The molecule has 0 unspecified atom stereocenters. The van der Waals surface area contributed by atoms with Gasteiger partial charge in [0.25, 0.3) is 5.91 Å². The Morgan fingerprint density at radius 3 is 2.38 bits per heavy atom. The van der Waals surface area contributed by atoms with Crippen LogP contribution in [0.15, 0.2) is 12.3 Å². The minimum absolute atomic E-state index is 0.0502. The van der Waals surface area contributed by atoms with Gasteiger partial charge in [-0.15, -0.1) is 0 Å². The van der Waals surface area contributed by atoms with Gasteiger partial charge < -0.3 is 15.7 Å². The topological polar surface area (TPSA) is 126 Å². The number of aromatic nitrogens is 3. The van der Waals surface area contributed by atoms with Crippen LogP contribution < -0.4 is 10.6 Å². The molecule has 0 atom stereocenters. The lowest BCUT2D eigenvalue weighted by Crippen LogP contribution is -2.45. The minimum Gasteiger partial charge on any atom is -0.388 e. The largest absolute Gasteiger partial charge is 0.391 e. The maximum absolute atomic E-state index is 12.9. The van der Waals surface area contributed by atoms with Crippen molar-refractivity contribution in [2.75, 3.05) is 11.9 Å². The number of anilines is 1. The Balaban J connectivity index is 0.00000170. The second kappa shape index (κ2) is 13.2. The van der Waals surface area contributed by atoms with Gasteiger partial charge in [-0.1, -0.05) is 18.5 Å². The number of carbonyl (C=O) groups is 1. The molecule has 0 radical (unpaired) electrons. The van der Waals surface area contributed by atoms with Gasteiger partial charge in [-0.25, -0.2) is 4.98 Å². The third kappa shape index (κ3) is 9.28. The Bertz CT molecular complexity index is 1190. The molecule has 39 heavy (non-hydrogen) atoms. The fraction of sp³-hybridized carbons (Fsp3) is 0.640. The van der Waals surface area contributed by atoms with Crippen LogP contribution in [0.25, 0.3) is 11.3 Å². The second-order valence-electron chi connectivity index (χ2n) is 10.7. The Labute approximate surface area is 234 Å². The van der Waals surface area contributed by atoms with Gasteiger partial charge in [0.2, 0.25) is 0 Å². The lowest BCUT2D eigenvalue weighted by atomic mass is 9.79. The first-order chi connectivity index (χ1) is 18.0. The van der Waals surface area contributed by atoms with Crippen molar-refractivity contribution < 1.29 is 31.5 Å². The van der Waals surface area contributed by atoms with E-state index in [2.05, 4.69) is 27.6 Å². The Kier molecular flexibility index (Phi) is 11.1. The van der Waals surface area contributed by atoms with Crippen LogP contribution in [0.3, 0.4) is 0 Å². The van der Waals surface area contributed by atoms with Crippen LogP contribution in [0.2, 0.25) is 5.02 Å². The molecule has 1 aliphatic rings. The zero-order valence-corrected chi connectivity index (χ0v) is 24.2. The quantitative estimate of drug-likeness (QED) is 0.390. The molecule has 1 saturated carbocycles. The van der Waals surface area contributed by atoms with Crippen LogP contribution in [0, 0.1) is 12.8 Å². The molecule has 0 bridgehead atoms. The molecule has 3 rings (SSSR count). The van der Waals surface area contributed by atoms with E-state index in [4.69, 9.17) is 20.0 Å². The summed E-state index contributed by atoms with van der Waals surface area (Å²) < 4.78 is 56.8. The number of hydrogen-bond donors (Lipinski definition) is 3. The number of pyridine rings is 1. The molecule has 1 aliphatic carbocycles. The first kappa shape index (κ1) is 32.7. The van der Waals surface area contributed by atoms with Gasteiger partial charge in [0.1, 0.15) is 5.82 Å². The van der Waals surface area contributed by atoms with E-state index < -0.39 is 41.2 Å². The minimum atomic E-state index is -4.31. The number of carbonyl (C=O) groups excluding carboxylic acids is 1. The highest BCUT2D eigenvalue weighted by Crippen LogP contribution is 2.35. The van der Waals surface area contributed by atoms with Crippen LogP contribution in [0.5, 0.6) is 0 Å². The number of alkyl halides is 3. The van der Waals surface area contributed by atoms with Crippen molar-refractivity contribution in [1.82, 2.24) is 20.1 Å². The van der Waals surface area contributed by atoms with E-state index in [0.29, 0.717) is 47.9 Å². The summed E-state index contributed by atoms with van der Waals surface area (Å²) in [4.78, 5) is 17.2. The van der Waals surface area contributed by atoms with Crippen LogP contribution in [0.1, 0.15) is 75.9 Å². The molecule has 2 aromatic rings. The zero-order valence-electron chi connectivity index (χ0n) is 22.6. The Morgan fingerprint density at radius 1 is 1.28 bits per heavy atom. The third-order valence-corrected chi connectivity index (χ3v) is 7.03. The van der Waals surface area contributed by atoms with Crippen molar-refractivity contribution in [3.63, 3.8) is 0 Å². The summed E-state index contributed by atoms with van der Waals surface area (Å²) in [5.41, 5.74) is -0.298. The Hall–Kier alpha value is -2.51. The first-order valence-electron chi connectivity index (χ1n) is 12.6. The molecular formula is C25H35ClF3N5O4S. The van der Waals surface area contributed by atoms with Gasteiger partial charge in [-0.3, -0.25) is 9.48 Å². The van der Waals surface area contributed by atoms with Crippen LogP contribution in [0.4, 0.5) is 19.0 Å². The molecule has 0 aromatic carbocycles. The molecule has 0 spiro atoms. The molecule has 14 heteroatoms. The average molecular weight is 594 g/mol. The van der Waals surface area contributed by atoms with Crippen LogP contribution in [-0.2, 0) is 18.1 Å². The van der Waals surface area contributed by atoms with Crippen molar-refractivity contribution in [2.45, 2.75) is 90.6 Å². The van der Waals surface area contributed by atoms with E-state index in [9.17, 15) is 23.1 Å². The highest BCUT2D eigenvalue weighted by atomic mass is 35.5. The van der Waals surface area contributed by atoms with Crippen LogP contribution in [-0.4, -0.2) is 58.1 Å². The van der Waals surface area contributed by atoms with Crippen molar-refractivity contribution >= 4 is 34.9 Å². The molecule has 0 aliphatic heterocycles. The lowest BCUT2D eigenvalue weighted by molar-refractivity contribution is -0.142. The van der Waals surface area contributed by atoms with Crippen molar-refractivity contribution in [3.8, 4) is 11.3 Å². The Morgan fingerprint density at radius 2 is 1.87 bits per heavy atom. The summed E-state index contributed by atoms with van der Waals surface area (Å²) in [6.45, 7) is 9.29. The van der Waals surface area contributed by atoms with Gasteiger partial charge in [-0.2, -0.15) is 26.7 Å². The van der Waals surface area contributed by atoms with Crippen molar-refractivity contribution in [1.29, 1.82) is 0 Å². The number of rotatable bonds is 8. The van der Waals surface area contributed by atoms with Crippen molar-refractivity contribution in [2.24, 2.45) is 5.92 Å². The van der Waals surface area contributed by atoms with Gasteiger partial charge >= 0.3 is 17.7 Å². The predicted octanol–water partition coefficient (Wildman–Crippen LogP) is 5.07. The molecule has 2 aromatic heterocycles. The highest BCUT2D eigenvalue weighted by Gasteiger charge is 2.37. The van der Waals surface area contributed by atoms with Gasteiger partial charge in [0.05, 0.1) is 22.7 Å². The fourth-order valence-corrected chi connectivity index (χ4v) is 4.96. The van der Waals surface area contributed by atoms with E-state index in [1.54, 1.807) is 17.7 Å². The number of amides is 1. The van der Waals surface area contributed by atoms with E-state index >= 15 is 0 Å². The molecule has 3 N–H and O–H groups in total. The predicted molar refractivity (Wildman–Crippen MR) is 143 cm³/mol. The van der Waals surface area contributed by atoms with Crippen molar-refractivity contribution in [3.05, 3.63) is 28.5 Å². The van der Waals surface area contributed by atoms with Gasteiger partial charge in [0, 0.05) is 30.4 Å². The fourth-order valence-electron chi connectivity index (χ4n) is 4.64. The van der Waals surface area contributed by atoms with E-state index in [-0.39, 0.29) is 17.3 Å². The molecule has 0 saturated heterocycles. The number of hydrogen-bond acceptors (Lipinski definition) is 7. The number of halogens is 4. The summed E-state index contributed by atoms with van der Waals surface area (Å²) in [5, 5.41) is 21.0. The number of aryl methyl sites for hydroxylation is 2. The summed E-state index contributed by atoms with van der Waals surface area (Å²) >= 11 is 5.88. The molecular weight excluding hydrogens is 559 g/mol. The van der Waals surface area contributed by atoms with E-state index in [1.165, 1.54) is 20.0 Å². The average Bonchev–Trinajstić information content (AvgIpc) is 3.14. The first-order valence-corrected chi connectivity index (χ1v) is 13.6. The molecule has 9 nitrogen and oxygen atoms in total. The smallest absolute Gasteiger partial charge is 0.388 e. The van der Waals surface area contributed by atoms with E-state index in [1.807, 2.05) is 6.92 Å². The zero-order chi connectivity index (χ0) is 29.6. The molecule has 218 valence electrons. The number of nitrogens with zero attached hydrogens (tertiary/aromatic N) is 3. The molecule has 1 fully saturated rings. The molecule has 2 heterocycles. The number of aliphatic hydroxyl groups is 1. The van der Waals surface area contributed by atoms with Gasteiger partial charge in [-0.05, 0) is 70.9 Å². The summed E-state index contributed by atoms with van der Waals surface area (Å²) in [7, 11) is 0. The summed E-state index contributed by atoms with van der Waals surface area (Å²) in [6, 6.07) is 1.65. The maximum Gasteiger partial charge on any atom is 0.391 e. The normalized spacial score (nSPS) is 19.6. The van der Waals surface area contributed by atoms with Crippen LogP contribution >= 0.6 is 11.6 Å². The lowest BCUT2D eigenvalue weighted by Gasteiger charge is -2.34. The third-order valence-electron chi connectivity index (χ3n) is 6.67. The SMILES string of the molecule is CCn1nc(C(=O)NCC2(O)CCC(C)CC2)c(Cl)c1-c1cnc(NC(C)(C)CC(F)(F)F)cc1C.O=S=O. The monoisotopic (exact) mass is 593 g/mol. The molecule has 1 amide bonds. The summed E-state index contributed by atoms with van der Waals surface area (Å²) in [5.74, 6) is 0.392. The number of nitrogens with one attached hydrogen (secondary N) is 2. The van der Waals surface area contributed by atoms with E-state index in [0.717, 1.165) is 12.8 Å². The standard InChI is InChI=1S/C25H35ClF3N5O2.O2S/c1-6-34-21(17-12-30-18(11-16(17)3)32-23(4,5)13-25(27,28)29)19(26)20(33-34)22(35)31-14-24(36)9-7-15(2)8-10-24;1-3-2/h11-12,15,36H,6-10,13-14H2,1-5H3,(H,30,32)(H,31,35);. The van der Waals surface area contributed by atoms with Gasteiger partial charge in [0.15, 0.2) is 5.69 Å². The maximum atomic E-state index is 12.9. The second-order valence-corrected chi connectivity index (χ2v) is 11.2. The highest BCUT2D eigenvalue weighted by molar-refractivity contribution is 7.51. The summed E-state index contributed by atoms with van der Waals surface area (Å²) in [6.07, 6.45) is -0.732.